The lowest BCUT2D eigenvalue weighted by Crippen LogP contribution is -2.23. The molecule has 1 aromatic rings. The van der Waals surface area contributed by atoms with Gasteiger partial charge in [-0.05, 0) is 0 Å². The number of nitrogens with one attached hydrogen (secondary N) is 2. The largest absolute Gasteiger partial charge is 0.373 e. The van der Waals surface area contributed by atoms with Crippen LogP contribution in [0.2, 0.25) is 0 Å². The van der Waals surface area contributed by atoms with Gasteiger partial charge in [-0.1, -0.05) is 0 Å². The Morgan fingerprint density at radius 2 is 2.25 bits per heavy atom. The molecular formula is C9H13N5O2. The van der Waals surface area contributed by atoms with Gasteiger partial charge >= 0.3 is 0 Å². The molecule has 0 aromatic carbocycles. The highest BCUT2D eigenvalue weighted by Crippen LogP contribution is 2.19. The summed E-state index contributed by atoms with van der Waals surface area (Å²) in [6.07, 6.45) is 1.16. The molecule has 0 fully saturated rings. The second-order valence-corrected chi connectivity index (χ2v) is 3.34. The lowest BCUT2D eigenvalue weighted by Gasteiger charge is -2.15. The first-order valence-corrected chi connectivity index (χ1v) is 4.55. The van der Waals surface area contributed by atoms with Crippen LogP contribution in [0.15, 0.2) is 12.3 Å². The zero-order valence-corrected chi connectivity index (χ0v) is 9.31. The fourth-order valence-electron chi connectivity index (χ4n) is 1.17. The van der Waals surface area contributed by atoms with Gasteiger partial charge in [0.1, 0.15) is 17.9 Å². The monoisotopic (exact) mass is 223 g/mol. The van der Waals surface area contributed by atoms with Crippen molar-refractivity contribution < 1.29 is 4.92 Å². The summed E-state index contributed by atoms with van der Waals surface area (Å²) in [6, 6.07) is 1.33. The van der Waals surface area contributed by atoms with Gasteiger partial charge in [0.15, 0.2) is 0 Å². The van der Waals surface area contributed by atoms with Gasteiger partial charge in [0.05, 0.1) is 10.5 Å². The summed E-state index contributed by atoms with van der Waals surface area (Å²) < 4.78 is 0. The molecule has 0 saturated carbocycles. The Morgan fingerprint density at radius 1 is 1.62 bits per heavy atom. The lowest BCUT2D eigenvalue weighted by molar-refractivity contribution is -0.385. The van der Waals surface area contributed by atoms with Crippen LogP contribution < -0.4 is 5.32 Å². The maximum Gasteiger partial charge on any atom is 0.288 e. The number of hydrogen-bond acceptors (Lipinski definition) is 5. The first-order chi connectivity index (χ1) is 7.47. The second kappa shape index (κ2) is 4.56. The summed E-state index contributed by atoms with van der Waals surface area (Å²) in [4.78, 5) is 15.5. The van der Waals surface area contributed by atoms with E-state index in [9.17, 15) is 10.1 Å². The van der Waals surface area contributed by atoms with Crippen LogP contribution in [0, 0.1) is 15.5 Å². The Hall–Kier alpha value is -2.18. The molecule has 2 N–H and O–H groups in total. The van der Waals surface area contributed by atoms with Crippen molar-refractivity contribution in [3.05, 3.63) is 27.9 Å². The van der Waals surface area contributed by atoms with E-state index in [4.69, 9.17) is 5.41 Å². The first-order valence-electron chi connectivity index (χ1n) is 4.55. The van der Waals surface area contributed by atoms with Gasteiger partial charge in [-0.25, -0.2) is 4.98 Å². The number of aromatic nitrogens is 1. The number of nitro groups is 1. The average molecular weight is 223 g/mol. The lowest BCUT2D eigenvalue weighted by atomic mass is 10.2. The Morgan fingerprint density at radius 3 is 2.69 bits per heavy atom. The van der Waals surface area contributed by atoms with Crippen LogP contribution in [0.4, 0.5) is 11.5 Å². The van der Waals surface area contributed by atoms with Crippen LogP contribution in [-0.4, -0.2) is 41.8 Å². The molecule has 0 radical (unpaired) electrons. The van der Waals surface area contributed by atoms with Crippen LogP contribution in [0.1, 0.15) is 5.56 Å². The van der Waals surface area contributed by atoms with Crippen LogP contribution in [0.5, 0.6) is 0 Å². The van der Waals surface area contributed by atoms with E-state index in [1.807, 2.05) is 0 Å². The predicted octanol–water partition coefficient (Wildman–Crippen LogP) is 0.918. The van der Waals surface area contributed by atoms with E-state index >= 15 is 0 Å². The minimum atomic E-state index is -0.529. The van der Waals surface area contributed by atoms with Gasteiger partial charge < -0.3 is 10.2 Å². The molecule has 16 heavy (non-hydrogen) atoms. The highest BCUT2D eigenvalue weighted by molar-refractivity contribution is 6.00. The number of amidine groups is 1. The highest BCUT2D eigenvalue weighted by Gasteiger charge is 2.15. The van der Waals surface area contributed by atoms with Gasteiger partial charge in [0.25, 0.3) is 5.69 Å². The first kappa shape index (κ1) is 11.9. The zero-order valence-electron chi connectivity index (χ0n) is 9.31. The maximum absolute atomic E-state index is 10.6. The Bertz CT molecular complexity index is 430. The van der Waals surface area contributed by atoms with Gasteiger partial charge in [0, 0.05) is 27.2 Å². The molecule has 1 aromatic heterocycles. The van der Waals surface area contributed by atoms with Gasteiger partial charge in [0.2, 0.25) is 0 Å². The van der Waals surface area contributed by atoms with Crippen molar-refractivity contribution in [1.29, 1.82) is 5.41 Å². The molecule has 0 saturated heterocycles. The molecule has 1 heterocycles. The third kappa shape index (κ3) is 2.25. The van der Waals surface area contributed by atoms with Crippen LogP contribution >= 0.6 is 0 Å². The molecule has 7 nitrogen and oxygen atoms in total. The number of anilines is 1. The van der Waals surface area contributed by atoms with Crippen LogP contribution in [0.25, 0.3) is 0 Å². The molecule has 86 valence electrons. The third-order valence-corrected chi connectivity index (χ3v) is 2.02. The Labute approximate surface area is 92.8 Å². The van der Waals surface area contributed by atoms with E-state index in [0.29, 0.717) is 11.4 Å². The smallest absolute Gasteiger partial charge is 0.288 e. The van der Waals surface area contributed by atoms with Crippen molar-refractivity contribution in [2.45, 2.75) is 0 Å². The van der Waals surface area contributed by atoms with E-state index in [1.54, 1.807) is 26.0 Å². The maximum atomic E-state index is 10.6. The van der Waals surface area contributed by atoms with Gasteiger partial charge in [-0.3, -0.25) is 15.5 Å². The zero-order chi connectivity index (χ0) is 12.3. The fourth-order valence-corrected chi connectivity index (χ4v) is 1.17. The molecular weight excluding hydrogens is 210 g/mol. The normalized spacial score (nSPS) is 9.69. The molecule has 7 heteroatoms. The number of pyridine rings is 1. The van der Waals surface area contributed by atoms with E-state index < -0.39 is 4.92 Å². The molecule has 0 aliphatic rings. The molecule has 0 atom stereocenters. The predicted molar refractivity (Wildman–Crippen MR) is 61.0 cm³/mol. The number of rotatable bonds is 3. The number of nitrogens with zero attached hydrogens (tertiary/aromatic N) is 3. The van der Waals surface area contributed by atoms with Gasteiger partial charge in [-0.2, -0.15) is 0 Å². The van der Waals surface area contributed by atoms with E-state index in [0.717, 1.165) is 6.20 Å². The Balaban J connectivity index is 3.27. The standard InChI is InChI=1S/C9H13N5O2/c1-11-9-7(8(10)13(2)3)4-6(5-12-9)14(15)16/h4-5,10H,1-3H3,(H,11,12). The number of hydrogen-bond donors (Lipinski definition) is 2. The molecule has 0 unspecified atom stereocenters. The van der Waals surface area contributed by atoms with E-state index in [1.165, 1.54) is 6.07 Å². The summed E-state index contributed by atoms with van der Waals surface area (Å²) >= 11 is 0. The van der Waals surface area contributed by atoms with Crippen molar-refractivity contribution in [3.8, 4) is 0 Å². The van der Waals surface area contributed by atoms with Crippen LogP contribution in [-0.2, 0) is 0 Å². The van der Waals surface area contributed by atoms with Gasteiger partial charge in [-0.15, -0.1) is 0 Å². The summed E-state index contributed by atoms with van der Waals surface area (Å²) in [5, 5.41) is 21.2. The molecule has 0 amide bonds. The molecule has 1 rings (SSSR count). The Kier molecular flexibility index (Phi) is 3.39. The quantitative estimate of drug-likeness (QED) is 0.344. The summed E-state index contributed by atoms with van der Waals surface area (Å²) in [7, 11) is 5.04. The summed E-state index contributed by atoms with van der Waals surface area (Å²) in [5.41, 5.74) is 0.280. The van der Waals surface area contributed by atoms with Crippen molar-refractivity contribution in [1.82, 2.24) is 9.88 Å². The molecule has 0 aliphatic heterocycles. The van der Waals surface area contributed by atoms with E-state index in [2.05, 4.69) is 10.3 Å². The highest BCUT2D eigenvalue weighted by atomic mass is 16.6. The SMILES string of the molecule is CNc1ncc([N+](=O)[O-])cc1C(=N)N(C)C. The average Bonchev–Trinajstić information content (AvgIpc) is 2.26. The third-order valence-electron chi connectivity index (χ3n) is 2.02. The van der Waals surface area contributed by atoms with E-state index in [-0.39, 0.29) is 11.5 Å². The summed E-state index contributed by atoms with van der Waals surface area (Å²) in [5.74, 6) is 0.616. The van der Waals surface area contributed by atoms with Crippen molar-refractivity contribution in [2.24, 2.45) is 0 Å². The van der Waals surface area contributed by atoms with Crippen LogP contribution in [0.3, 0.4) is 0 Å². The summed E-state index contributed by atoms with van der Waals surface area (Å²) in [6.45, 7) is 0. The molecule has 0 bridgehead atoms. The van der Waals surface area contributed by atoms with Crippen molar-refractivity contribution >= 4 is 17.3 Å². The minimum Gasteiger partial charge on any atom is -0.373 e. The van der Waals surface area contributed by atoms with Crippen molar-refractivity contribution in [2.75, 3.05) is 26.5 Å². The molecule has 0 aliphatic carbocycles. The topological polar surface area (TPSA) is 95.1 Å². The molecule has 0 spiro atoms. The fraction of sp³-hybridized carbons (Fsp3) is 0.333. The second-order valence-electron chi connectivity index (χ2n) is 3.34. The minimum absolute atomic E-state index is 0.124. The van der Waals surface area contributed by atoms with Crippen molar-refractivity contribution in [3.63, 3.8) is 0 Å².